The van der Waals surface area contributed by atoms with Gasteiger partial charge in [-0.3, -0.25) is 4.79 Å². The van der Waals surface area contributed by atoms with E-state index in [0.29, 0.717) is 24.7 Å². The lowest BCUT2D eigenvalue weighted by Crippen LogP contribution is -2.40. The van der Waals surface area contributed by atoms with Crippen molar-refractivity contribution in [3.63, 3.8) is 0 Å². The van der Waals surface area contributed by atoms with Gasteiger partial charge in [-0.1, -0.05) is 11.6 Å². The van der Waals surface area contributed by atoms with Gasteiger partial charge in [0.2, 0.25) is 10.0 Å². The van der Waals surface area contributed by atoms with Crippen molar-refractivity contribution in [1.82, 2.24) is 9.29 Å². The minimum Gasteiger partial charge on any atom is -0.497 e. The fourth-order valence-corrected chi connectivity index (χ4v) is 4.85. The first kappa shape index (κ1) is 20.7. The van der Waals surface area contributed by atoms with E-state index >= 15 is 0 Å². The fourth-order valence-electron chi connectivity index (χ4n) is 3.25. The fraction of sp³-hybridized carbons (Fsp3) is 0.250. The molecule has 4 rings (SSSR count). The third-order valence-corrected chi connectivity index (χ3v) is 7.09. The molecule has 1 aliphatic heterocycles. The maximum Gasteiger partial charge on any atom is 0.272 e. The average molecular weight is 450 g/mol. The Labute approximate surface area is 178 Å². The number of halogens is 1. The Kier molecular flexibility index (Phi) is 5.70. The standard InChI is InChI=1S/C20H20ClN3O5S/c1-28-14-2-5-17-13(10-14)11-19(22-17)20(25)23-18-12-15(3-4-16(18)21)30(26,27)24-6-8-29-9-7-24/h2-5,10-12,22H,6-9H2,1H3,(H,23,25). The van der Waals surface area contributed by atoms with E-state index in [1.165, 1.54) is 22.5 Å². The molecule has 1 aromatic heterocycles. The Morgan fingerprint density at radius 2 is 1.93 bits per heavy atom. The van der Waals surface area contributed by atoms with E-state index in [2.05, 4.69) is 10.3 Å². The van der Waals surface area contributed by atoms with Crippen LogP contribution in [-0.2, 0) is 14.8 Å². The maximum absolute atomic E-state index is 12.9. The molecule has 3 aromatic rings. The topological polar surface area (TPSA) is 101 Å². The highest BCUT2D eigenvalue weighted by atomic mass is 35.5. The molecule has 158 valence electrons. The molecule has 0 radical (unpaired) electrons. The number of hydrogen-bond acceptors (Lipinski definition) is 5. The van der Waals surface area contributed by atoms with Crippen LogP contribution in [0.4, 0.5) is 5.69 Å². The Balaban J connectivity index is 1.60. The quantitative estimate of drug-likeness (QED) is 0.623. The zero-order valence-corrected chi connectivity index (χ0v) is 17.7. The first-order valence-electron chi connectivity index (χ1n) is 9.24. The summed E-state index contributed by atoms with van der Waals surface area (Å²) in [6, 6.07) is 11.4. The van der Waals surface area contributed by atoms with Gasteiger partial charge < -0.3 is 19.8 Å². The summed E-state index contributed by atoms with van der Waals surface area (Å²) in [6.45, 7) is 1.26. The number of ether oxygens (including phenoxy) is 2. The molecular formula is C20H20ClN3O5S. The third-order valence-electron chi connectivity index (χ3n) is 4.87. The summed E-state index contributed by atoms with van der Waals surface area (Å²) >= 11 is 6.21. The number of nitrogens with zero attached hydrogens (tertiary/aromatic N) is 1. The molecule has 0 spiro atoms. The lowest BCUT2D eigenvalue weighted by atomic mass is 10.2. The molecule has 10 heteroatoms. The summed E-state index contributed by atoms with van der Waals surface area (Å²) in [5.74, 6) is 0.241. The van der Waals surface area contributed by atoms with Crippen molar-refractivity contribution in [1.29, 1.82) is 0 Å². The number of benzene rings is 2. The average Bonchev–Trinajstić information content (AvgIpc) is 3.19. The first-order chi connectivity index (χ1) is 14.4. The van der Waals surface area contributed by atoms with Gasteiger partial charge in [0.15, 0.2) is 0 Å². The van der Waals surface area contributed by atoms with Crippen molar-refractivity contribution < 1.29 is 22.7 Å². The van der Waals surface area contributed by atoms with E-state index in [9.17, 15) is 13.2 Å². The number of morpholine rings is 1. The zero-order chi connectivity index (χ0) is 21.3. The molecule has 0 saturated carbocycles. The van der Waals surface area contributed by atoms with Gasteiger partial charge in [-0.15, -0.1) is 0 Å². The predicted molar refractivity (Wildman–Crippen MR) is 114 cm³/mol. The van der Waals surface area contributed by atoms with Crippen LogP contribution < -0.4 is 10.1 Å². The van der Waals surface area contributed by atoms with Crippen LogP contribution in [0.1, 0.15) is 10.5 Å². The summed E-state index contributed by atoms with van der Waals surface area (Å²) in [7, 11) is -2.14. The summed E-state index contributed by atoms with van der Waals surface area (Å²) in [6.07, 6.45) is 0. The number of carbonyl (C=O) groups excluding carboxylic acids is 1. The molecule has 0 atom stereocenters. The zero-order valence-electron chi connectivity index (χ0n) is 16.1. The van der Waals surface area contributed by atoms with E-state index in [-0.39, 0.29) is 28.7 Å². The second kappa shape index (κ2) is 8.27. The van der Waals surface area contributed by atoms with Gasteiger partial charge in [-0.05, 0) is 42.5 Å². The molecule has 2 heterocycles. The molecule has 1 amide bonds. The normalized spacial score (nSPS) is 15.3. The number of fused-ring (bicyclic) bond motifs is 1. The highest BCUT2D eigenvalue weighted by Gasteiger charge is 2.27. The van der Waals surface area contributed by atoms with Gasteiger partial charge in [0, 0.05) is 24.0 Å². The van der Waals surface area contributed by atoms with Gasteiger partial charge in [-0.25, -0.2) is 8.42 Å². The Morgan fingerprint density at radius 1 is 1.17 bits per heavy atom. The Hall–Kier alpha value is -2.59. The van der Waals surface area contributed by atoms with Crippen molar-refractivity contribution in [3.8, 4) is 5.75 Å². The van der Waals surface area contributed by atoms with Crippen molar-refractivity contribution >= 4 is 44.1 Å². The third kappa shape index (κ3) is 4.01. The molecule has 0 unspecified atom stereocenters. The van der Waals surface area contributed by atoms with E-state index < -0.39 is 15.9 Å². The highest BCUT2D eigenvalue weighted by Crippen LogP contribution is 2.28. The molecule has 0 bridgehead atoms. The van der Waals surface area contributed by atoms with Crippen molar-refractivity contribution in [2.45, 2.75) is 4.90 Å². The highest BCUT2D eigenvalue weighted by molar-refractivity contribution is 7.89. The van der Waals surface area contributed by atoms with Crippen LogP contribution in [0.25, 0.3) is 10.9 Å². The number of anilines is 1. The molecule has 1 aliphatic rings. The largest absolute Gasteiger partial charge is 0.497 e. The predicted octanol–water partition coefficient (Wildman–Crippen LogP) is 3.10. The van der Waals surface area contributed by atoms with Crippen molar-refractivity contribution in [3.05, 3.63) is 53.2 Å². The van der Waals surface area contributed by atoms with Crippen molar-refractivity contribution in [2.24, 2.45) is 0 Å². The SMILES string of the molecule is COc1ccc2[nH]c(C(=O)Nc3cc(S(=O)(=O)N4CCOCC4)ccc3Cl)cc2c1. The summed E-state index contributed by atoms with van der Waals surface area (Å²) in [5, 5.41) is 3.74. The molecule has 8 nitrogen and oxygen atoms in total. The number of aromatic nitrogens is 1. The molecule has 2 aromatic carbocycles. The number of amides is 1. The van der Waals surface area contributed by atoms with Crippen LogP contribution in [0.2, 0.25) is 5.02 Å². The number of carbonyl (C=O) groups is 1. The number of methoxy groups -OCH3 is 1. The number of nitrogens with one attached hydrogen (secondary N) is 2. The summed E-state index contributed by atoms with van der Waals surface area (Å²) < 4.78 is 37.5. The number of H-pyrrole nitrogens is 1. The molecule has 1 saturated heterocycles. The van der Waals surface area contributed by atoms with Crippen LogP contribution >= 0.6 is 11.6 Å². The van der Waals surface area contributed by atoms with E-state index in [4.69, 9.17) is 21.1 Å². The molecule has 0 aliphatic carbocycles. The molecule has 1 fully saturated rings. The van der Waals surface area contributed by atoms with Crippen LogP contribution in [0.3, 0.4) is 0 Å². The smallest absolute Gasteiger partial charge is 0.272 e. The Bertz CT molecular complexity index is 1200. The van der Waals surface area contributed by atoms with Crippen molar-refractivity contribution in [2.75, 3.05) is 38.7 Å². The summed E-state index contributed by atoms with van der Waals surface area (Å²) in [4.78, 5) is 15.8. The first-order valence-corrected chi connectivity index (χ1v) is 11.1. The van der Waals surface area contributed by atoms with Crippen LogP contribution in [0, 0.1) is 0 Å². The molecule has 30 heavy (non-hydrogen) atoms. The number of sulfonamides is 1. The monoisotopic (exact) mass is 449 g/mol. The van der Waals surface area contributed by atoms with Crippen LogP contribution in [-0.4, -0.2) is 57.0 Å². The number of hydrogen-bond donors (Lipinski definition) is 2. The van der Waals surface area contributed by atoms with Gasteiger partial charge in [-0.2, -0.15) is 4.31 Å². The number of aromatic amines is 1. The Morgan fingerprint density at radius 3 is 2.67 bits per heavy atom. The minimum atomic E-state index is -3.71. The maximum atomic E-state index is 12.9. The van der Waals surface area contributed by atoms with Gasteiger partial charge >= 0.3 is 0 Å². The van der Waals surface area contributed by atoms with E-state index in [0.717, 1.165) is 10.9 Å². The number of rotatable bonds is 5. The minimum absolute atomic E-state index is 0.0606. The second-order valence-corrected chi connectivity index (χ2v) is 9.09. The van der Waals surface area contributed by atoms with Gasteiger partial charge in [0.1, 0.15) is 11.4 Å². The summed E-state index contributed by atoms with van der Waals surface area (Å²) in [5.41, 5.74) is 1.30. The molecular weight excluding hydrogens is 430 g/mol. The van der Waals surface area contributed by atoms with Gasteiger partial charge in [0.05, 0.1) is 35.9 Å². The van der Waals surface area contributed by atoms with E-state index in [1.54, 1.807) is 19.2 Å². The second-order valence-electron chi connectivity index (χ2n) is 6.75. The van der Waals surface area contributed by atoms with Crippen LogP contribution in [0.5, 0.6) is 5.75 Å². The lowest BCUT2D eigenvalue weighted by molar-refractivity contribution is 0.0730. The van der Waals surface area contributed by atoms with E-state index in [1.807, 2.05) is 12.1 Å². The lowest BCUT2D eigenvalue weighted by Gasteiger charge is -2.26. The van der Waals surface area contributed by atoms with Gasteiger partial charge in [0.25, 0.3) is 5.91 Å². The van der Waals surface area contributed by atoms with Crippen LogP contribution in [0.15, 0.2) is 47.4 Å². The molecule has 2 N–H and O–H groups in total.